The minimum Gasteiger partial charge on any atom is -0.332 e. The van der Waals surface area contributed by atoms with Gasteiger partial charge in [0.1, 0.15) is 0 Å². The number of aromatic nitrogens is 3. The van der Waals surface area contributed by atoms with Crippen molar-refractivity contribution in [2.75, 3.05) is 7.05 Å². The van der Waals surface area contributed by atoms with Gasteiger partial charge in [0.25, 0.3) is 5.91 Å². The van der Waals surface area contributed by atoms with Gasteiger partial charge in [-0.2, -0.15) is 5.10 Å². The molecule has 0 radical (unpaired) electrons. The summed E-state index contributed by atoms with van der Waals surface area (Å²) in [4.78, 5) is 20.3. The van der Waals surface area contributed by atoms with E-state index in [0.29, 0.717) is 5.69 Å². The first kappa shape index (κ1) is 14.7. The maximum atomic E-state index is 12.7. The van der Waals surface area contributed by atoms with Gasteiger partial charge in [-0.1, -0.05) is 0 Å². The first-order valence-electron chi connectivity index (χ1n) is 6.90. The number of thiazole rings is 1. The minimum absolute atomic E-state index is 0.0496. The molecule has 0 spiro atoms. The molecule has 0 N–H and O–H groups in total. The molecule has 2 aromatic heterocycles. The van der Waals surface area contributed by atoms with Gasteiger partial charge < -0.3 is 4.90 Å². The number of fused-ring (bicyclic) bond motifs is 1. The normalized spacial score (nSPS) is 17.6. The van der Waals surface area contributed by atoms with E-state index in [4.69, 9.17) is 0 Å². The number of aryl methyl sites for hydroxylation is 3. The fraction of sp³-hybridized carbons (Fsp3) is 0.500. The predicted molar refractivity (Wildman–Crippen MR) is 85.5 cm³/mol. The molecule has 3 rings (SSSR count). The van der Waals surface area contributed by atoms with Crippen LogP contribution in [-0.4, -0.2) is 32.6 Å². The summed E-state index contributed by atoms with van der Waals surface area (Å²) < 4.78 is 2.38. The number of carbonyl (C=O) groups is 1. The van der Waals surface area contributed by atoms with Gasteiger partial charge in [0.05, 0.1) is 26.1 Å². The average Bonchev–Trinajstić information content (AvgIpc) is 2.97. The highest BCUT2D eigenvalue weighted by atomic mass is 79.9. The largest absolute Gasteiger partial charge is 0.332 e. The number of rotatable bonds is 2. The molecule has 112 valence electrons. The minimum atomic E-state index is -0.0496. The zero-order valence-corrected chi connectivity index (χ0v) is 14.7. The molecule has 1 unspecified atom stereocenters. The molecule has 1 aliphatic carbocycles. The molecular formula is C14H17BrN4OS. The Balaban J connectivity index is 1.90. The molecule has 0 saturated heterocycles. The van der Waals surface area contributed by atoms with Crippen molar-refractivity contribution in [1.82, 2.24) is 19.7 Å². The Kier molecular flexibility index (Phi) is 3.88. The Morgan fingerprint density at radius 3 is 3.00 bits per heavy atom. The van der Waals surface area contributed by atoms with Crippen molar-refractivity contribution in [3.63, 3.8) is 0 Å². The van der Waals surface area contributed by atoms with E-state index in [2.05, 4.69) is 26.0 Å². The van der Waals surface area contributed by atoms with Crippen molar-refractivity contribution in [3.05, 3.63) is 31.9 Å². The second-order valence-corrected chi connectivity index (χ2v) is 7.46. The molecule has 7 heteroatoms. The first-order chi connectivity index (χ1) is 9.97. The lowest BCUT2D eigenvalue weighted by Gasteiger charge is -2.30. The standard InChI is InChI=1S/C14H17BrN4OS/c1-8-16-10-5-4-6-11(13(10)21-8)19(3)14(20)12-9(15)7-18(2)17-12/h7,11H,4-6H2,1-3H3. The molecule has 0 fully saturated rings. The molecular weight excluding hydrogens is 352 g/mol. The second-order valence-electron chi connectivity index (χ2n) is 5.37. The topological polar surface area (TPSA) is 51.0 Å². The number of nitrogens with zero attached hydrogens (tertiary/aromatic N) is 4. The maximum absolute atomic E-state index is 12.7. The van der Waals surface area contributed by atoms with E-state index in [1.165, 1.54) is 4.88 Å². The van der Waals surface area contributed by atoms with Crippen molar-refractivity contribution >= 4 is 33.2 Å². The van der Waals surface area contributed by atoms with Gasteiger partial charge in [0.2, 0.25) is 0 Å². The van der Waals surface area contributed by atoms with Crippen LogP contribution >= 0.6 is 27.3 Å². The molecule has 2 aromatic rings. The van der Waals surface area contributed by atoms with Crippen LogP contribution in [0.4, 0.5) is 0 Å². The summed E-state index contributed by atoms with van der Waals surface area (Å²) in [6.07, 6.45) is 4.87. The third kappa shape index (κ3) is 2.64. The lowest BCUT2D eigenvalue weighted by atomic mass is 9.97. The van der Waals surface area contributed by atoms with Crippen LogP contribution in [0.25, 0.3) is 0 Å². The summed E-state index contributed by atoms with van der Waals surface area (Å²) in [6, 6.07) is 0.112. The number of hydrogen-bond acceptors (Lipinski definition) is 4. The number of hydrogen-bond donors (Lipinski definition) is 0. The van der Waals surface area contributed by atoms with E-state index in [1.807, 2.05) is 25.9 Å². The molecule has 0 saturated carbocycles. The van der Waals surface area contributed by atoms with Gasteiger partial charge in [0, 0.05) is 20.3 Å². The summed E-state index contributed by atoms with van der Waals surface area (Å²) >= 11 is 5.11. The quantitative estimate of drug-likeness (QED) is 0.818. The first-order valence-corrected chi connectivity index (χ1v) is 8.51. The molecule has 0 aromatic carbocycles. The van der Waals surface area contributed by atoms with Crippen LogP contribution in [0.15, 0.2) is 10.7 Å². The van der Waals surface area contributed by atoms with Crippen molar-refractivity contribution < 1.29 is 4.79 Å². The maximum Gasteiger partial charge on any atom is 0.275 e. The fourth-order valence-corrected chi connectivity index (χ4v) is 4.50. The lowest BCUT2D eigenvalue weighted by Crippen LogP contribution is -2.33. The van der Waals surface area contributed by atoms with Gasteiger partial charge in [0.15, 0.2) is 5.69 Å². The van der Waals surface area contributed by atoms with Crippen LogP contribution in [0.1, 0.15) is 45.0 Å². The molecule has 1 aliphatic rings. The second kappa shape index (κ2) is 5.53. The number of halogens is 1. The van der Waals surface area contributed by atoms with Gasteiger partial charge in [-0.15, -0.1) is 11.3 Å². The summed E-state index contributed by atoms with van der Waals surface area (Å²) in [5, 5.41) is 5.33. The van der Waals surface area contributed by atoms with Crippen LogP contribution in [0.5, 0.6) is 0 Å². The molecule has 2 heterocycles. The Morgan fingerprint density at radius 1 is 1.57 bits per heavy atom. The van der Waals surface area contributed by atoms with Gasteiger partial charge >= 0.3 is 0 Å². The van der Waals surface area contributed by atoms with Crippen molar-refractivity contribution in [2.45, 2.75) is 32.2 Å². The highest BCUT2D eigenvalue weighted by molar-refractivity contribution is 9.10. The zero-order valence-electron chi connectivity index (χ0n) is 12.3. The monoisotopic (exact) mass is 368 g/mol. The molecule has 21 heavy (non-hydrogen) atoms. The smallest absolute Gasteiger partial charge is 0.275 e. The SMILES string of the molecule is Cc1nc2c(s1)C(N(C)C(=O)c1nn(C)cc1Br)CCC2. The summed E-state index contributed by atoms with van der Waals surface area (Å²) in [6.45, 7) is 2.03. The van der Waals surface area contributed by atoms with Crippen LogP contribution in [-0.2, 0) is 13.5 Å². The molecule has 1 amide bonds. The van der Waals surface area contributed by atoms with Crippen molar-refractivity contribution in [3.8, 4) is 0 Å². The summed E-state index contributed by atoms with van der Waals surface area (Å²) in [5.41, 5.74) is 1.63. The summed E-state index contributed by atoms with van der Waals surface area (Å²) in [5.74, 6) is -0.0496. The van der Waals surface area contributed by atoms with Crippen LogP contribution in [0.2, 0.25) is 0 Å². The van der Waals surface area contributed by atoms with Gasteiger partial charge in [-0.05, 0) is 42.1 Å². The van der Waals surface area contributed by atoms with E-state index >= 15 is 0 Å². The zero-order chi connectivity index (χ0) is 15.1. The Morgan fingerprint density at radius 2 is 2.33 bits per heavy atom. The van der Waals surface area contributed by atoms with E-state index < -0.39 is 0 Å². The van der Waals surface area contributed by atoms with E-state index in [-0.39, 0.29) is 11.9 Å². The summed E-state index contributed by atoms with van der Waals surface area (Å²) in [7, 11) is 3.67. The van der Waals surface area contributed by atoms with E-state index in [1.54, 1.807) is 22.2 Å². The average molecular weight is 369 g/mol. The highest BCUT2D eigenvalue weighted by Gasteiger charge is 2.31. The Hall–Kier alpha value is -1.21. The third-order valence-corrected chi connectivity index (χ3v) is 5.50. The highest BCUT2D eigenvalue weighted by Crippen LogP contribution is 2.38. The van der Waals surface area contributed by atoms with Crippen LogP contribution < -0.4 is 0 Å². The Bertz CT molecular complexity index is 693. The Labute approximate surface area is 136 Å². The van der Waals surface area contributed by atoms with Crippen molar-refractivity contribution in [2.24, 2.45) is 7.05 Å². The lowest BCUT2D eigenvalue weighted by molar-refractivity contribution is 0.0710. The van der Waals surface area contributed by atoms with Crippen molar-refractivity contribution in [1.29, 1.82) is 0 Å². The van der Waals surface area contributed by atoms with E-state index in [0.717, 1.165) is 34.4 Å². The fourth-order valence-electron chi connectivity index (χ4n) is 2.80. The van der Waals surface area contributed by atoms with E-state index in [9.17, 15) is 4.79 Å². The van der Waals surface area contributed by atoms with Gasteiger partial charge in [-0.25, -0.2) is 4.98 Å². The predicted octanol–water partition coefficient (Wildman–Crippen LogP) is 3.10. The molecule has 1 atom stereocenters. The third-order valence-electron chi connectivity index (χ3n) is 3.80. The number of amides is 1. The molecule has 0 aliphatic heterocycles. The van der Waals surface area contributed by atoms with Gasteiger partial charge in [-0.3, -0.25) is 9.48 Å². The van der Waals surface area contributed by atoms with Crippen LogP contribution in [0, 0.1) is 6.92 Å². The molecule has 5 nitrogen and oxygen atoms in total. The van der Waals surface area contributed by atoms with Crippen LogP contribution in [0.3, 0.4) is 0 Å². The molecule has 0 bridgehead atoms. The number of carbonyl (C=O) groups excluding carboxylic acids is 1.